The molecule has 0 unspecified atom stereocenters. The van der Waals surface area contributed by atoms with Crippen LogP contribution in [0.4, 0.5) is 17.1 Å². The molecule has 0 fully saturated rings. The number of hydrogen-bond donors (Lipinski definition) is 0. The highest BCUT2D eigenvalue weighted by molar-refractivity contribution is 6.08. The van der Waals surface area contributed by atoms with Gasteiger partial charge < -0.3 is 4.90 Å². The van der Waals surface area contributed by atoms with Crippen molar-refractivity contribution >= 4 is 49.4 Å². The van der Waals surface area contributed by atoms with Gasteiger partial charge in [0, 0.05) is 17.1 Å². The van der Waals surface area contributed by atoms with Gasteiger partial charge in [0.25, 0.3) is 0 Å². The second-order valence-corrected chi connectivity index (χ2v) is 13.5. The van der Waals surface area contributed by atoms with E-state index in [1.807, 2.05) is 133 Å². The summed E-state index contributed by atoms with van der Waals surface area (Å²) in [7, 11) is 0. The van der Waals surface area contributed by atoms with Gasteiger partial charge in [-0.05, 0) is 125 Å². The van der Waals surface area contributed by atoms with E-state index in [1.54, 1.807) is 18.2 Å². The summed E-state index contributed by atoms with van der Waals surface area (Å²) in [5, 5.41) is 5.67. The van der Waals surface area contributed by atoms with Crippen LogP contribution in [0.3, 0.4) is 0 Å². The number of hydrogen-bond acceptors (Lipinski definition) is 1. The highest BCUT2D eigenvalue weighted by Gasteiger charge is 2.15. The molecule has 0 amide bonds. The fourth-order valence-electron chi connectivity index (χ4n) is 7.44. The largest absolute Gasteiger partial charge is 0.310 e. The molecule has 0 heterocycles. The maximum absolute atomic E-state index is 9.83. The standard InChI is InChI=1S/C54H37N/c1-2-11-38(12-3-1)43-16-8-17-44(35-43)39-25-30-48(31-26-39)55(50-19-9-18-46(37-50)53-22-10-15-41-13-4-6-20-51(41)53)49-32-27-40(28-33-49)45-29-34-54-47(36-45)24-23-42-14-5-7-21-52(42)54/h1-37H/i9D,18D,19D,27D,28D,32D,33D,37D. The molecule has 0 spiro atoms. The lowest BCUT2D eigenvalue weighted by Gasteiger charge is -2.26. The van der Waals surface area contributed by atoms with Crippen LogP contribution in [0.2, 0.25) is 0 Å². The second kappa shape index (κ2) is 14.0. The Morgan fingerprint density at radius 1 is 0.309 bits per heavy atom. The molecule has 10 rings (SSSR count). The van der Waals surface area contributed by atoms with Crippen LogP contribution in [-0.2, 0) is 0 Å². The Balaban J connectivity index is 1.19. The first kappa shape index (κ1) is 24.9. The van der Waals surface area contributed by atoms with Gasteiger partial charge in [-0.1, -0.05) is 176 Å². The normalized spacial score (nSPS) is 13.3. The molecule has 10 aromatic rings. The third kappa shape index (κ3) is 6.22. The smallest absolute Gasteiger partial charge is 0.0651 e. The van der Waals surface area contributed by atoms with Gasteiger partial charge in [-0.2, -0.15) is 0 Å². The summed E-state index contributed by atoms with van der Waals surface area (Å²) in [4.78, 5) is 1.40. The maximum atomic E-state index is 9.83. The Morgan fingerprint density at radius 3 is 1.69 bits per heavy atom. The zero-order valence-corrected chi connectivity index (χ0v) is 29.7. The molecular weight excluding hydrogens is 663 g/mol. The fourth-order valence-corrected chi connectivity index (χ4v) is 7.44. The zero-order valence-electron chi connectivity index (χ0n) is 37.7. The van der Waals surface area contributed by atoms with Crippen molar-refractivity contribution in [3.05, 3.63) is 224 Å². The first-order valence-electron chi connectivity index (χ1n) is 22.3. The third-order valence-electron chi connectivity index (χ3n) is 10.2. The molecule has 258 valence electrons. The molecule has 0 N–H and O–H groups in total. The molecule has 1 nitrogen and oxygen atoms in total. The van der Waals surface area contributed by atoms with Crippen molar-refractivity contribution in [1.29, 1.82) is 0 Å². The van der Waals surface area contributed by atoms with E-state index in [2.05, 4.69) is 24.3 Å². The van der Waals surface area contributed by atoms with Crippen LogP contribution in [0, 0.1) is 0 Å². The third-order valence-corrected chi connectivity index (χ3v) is 10.2. The Labute approximate surface area is 333 Å². The van der Waals surface area contributed by atoms with Crippen molar-refractivity contribution in [1.82, 2.24) is 0 Å². The van der Waals surface area contributed by atoms with E-state index >= 15 is 0 Å². The number of benzene rings is 10. The summed E-state index contributed by atoms with van der Waals surface area (Å²) in [6.07, 6.45) is 0. The lowest BCUT2D eigenvalue weighted by molar-refractivity contribution is 1.28. The summed E-state index contributed by atoms with van der Waals surface area (Å²) in [5.74, 6) is 0. The average Bonchev–Trinajstić information content (AvgIpc) is 3.32. The molecule has 10 aromatic carbocycles. The summed E-state index contributed by atoms with van der Waals surface area (Å²) in [6, 6.07) is 53.6. The highest BCUT2D eigenvalue weighted by atomic mass is 15.1. The molecule has 1 heteroatoms. The van der Waals surface area contributed by atoms with E-state index < -0.39 is 12.1 Å². The minimum atomic E-state index is -0.448. The Hall–Kier alpha value is -7.22. The van der Waals surface area contributed by atoms with Crippen molar-refractivity contribution < 1.29 is 11.0 Å². The fraction of sp³-hybridized carbons (Fsp3) is 0. The minimum Gasteiger partial charge on any atom is -0.310 e. The first-order valence-corrected chi connectivity index (χ1v) is 18.3. The van der Waals surface area contributed by atoms with Gasteiger partial charge in [0.05, 0.1) is 11.0 Å². The number of rotatable bonds is 7. The maximum Gasteiger partial charge on any atom is 0.0651 e. The Kier molecular flexibility index (Phi) is 6.33. The molecule has 0 saturated heterocycles. The summed E-state index contributed by atoms with van der Waals surface area (Å²) >= 11 is 0. The van der Waals surface area contributed by atoms with Crippen LogP contribution in [0.1, 0.15) is 11.0 Å². The lowest BCUT2D eigenvalue weighted by Crippen LogP contribution is -2.10. The van der Waals surface area contributed by atoms with Gasteiger partial charge in [-0.15, -0.1) is 0 Å². The lowest BCUT2D eigenvalue weighted by atomic mass is 9.97. The van der Waals surface area contributed by atoms with E-state index in [-0.39, 0.29) is 58.8 Å². The van der Waals surface area contributed by atoms with E-state index in [1.165, 1.54) is 4.90 Å². The average molecular weight is 708 g/mol. The van der Waals surface area contributed by atoms with Crippen molar-refractivity contribution in [2.75, 3.05) is 4.90 Å². The summed E-state index contributed by atoms with van der Waals surface area (Å²) in [6.45, 7) is 0. The van der Waals surface area contributed by atoms with Gasteiger partial charge in [-0.3, -0.25) is 0 Å². The van der Waals surface area contributed by atoms with E-state index in [4.69, 9.17) is 2.74 Å². The summed E-state index contributed by atoms with van der Waals surface area (Å²) in [5.41, 5.74) is 5.26. The molecule has 0 aliphatic rings. The predicted octanol–water partition coefficient (Wildman–Crippen LogP) is 15.3. The van der Waals surface area contributed by atoms with E-state index in [0.717, 1.165) is 54.6 Å². The Morgan fingerprint density at radius 2 is 0.891 bits per heavy atom. The van der Waals surface area contributed by atoms with Crippen molar-refractivity contribution in [2.45, 2.75) is 0 Å². The molecule has 0 aliphatic heterocycles. The second-order valence-electron chi connectivity index (χ2n) is 13.5. The number of nitrogens with zero attached hydrogens (tertiary/aromatic N) is 1. The molecule has 0 atom stereocenters. The van der Waals surface area contributed by atoms with Crippen molar-refractivity contribution in [3.63, 3.8) is 0 Å². The predicted molar refractivity (Wildman–Crippen MR) is 235 cm³/mol. The first-order chi connectivity index (χ1) is 30.6. The number of fused-ring (bicyclic) bond motifs is 4. The zero-order chi connectivity index (χ0) is 43.5. The minimum absolute atomic E-state index is 0.119. The molecule has 0 bridgehead atoms. The topological polar surface area (TPSA) is 3.24 Å². The van der Waals surface area contributed by atoms with E-state index in [9.17, 15) is 8.22 Å². The quantitative estimate of drug-likeness (QED) is 0.149. The number of anilines is 3. The van der Waals surface area contributed by atoms with Gasteiger partial charge in [0.2, 0.25) is 0 Å². The van der Waals surface area contributed by atoms with Crippen LogP contribution in [0.5, 0.6) is 0 Å². The molecule has 0 radical (unpaired) electrons. The van der Waals surface area contributed by atoms with Gasteiger partial charge >= 0.3 is 0 Å². The molecule has 55 heavy (non-hydrogen) atoms. The Bertz CT molecular complexity index is 3410. The van der Waals surface area contributed by atoms with Gasteiger partial charge in [0.15, 0.2) is 0 Å². The molecule has 0 aromatic heterocycles. The van der Waals surface area contributed by atoms with E-state index in [0.29, 0.717) is 16.8 Å². The van der Waals surface area contributed by atoms with Crippen LogP contribution in [0.25, 0.3) is 76.8 Å². The SMILES string of the molecule is [2H]c1c([2H])c(-c2cccc3ccccc23)c([2H])c(N(c2ccc(-c3cccc(-c4ccccc4)c3)cc2)c2c([2H])c([2H])c(-c3ccc4c(ccc5ccccc54)c3)c([2H])c2[2H])c1[2H]. The van der Waals surface area contributed by atoms with Gasteiger partial charge in [0.1, 0.15) is 0 Å². The van der Waals surface area contributed by atoms with Crippen molar-refractivity contribution in [3.8, 4) is 44.5 Å². The molecule has 0 saturated carbocycles. The summed E-state index contributed by atoms with van der Waals surface area (Å²) < 4.78 is 75.7. The van der Waals surface area contributed by atoms with Crippen LogP contribution < -0.4 is 4.90 Å². The van der Waals surface area contributed by atoms with Crippen molar-refractivity contribution in [2.24, 2.45) is 0 Å². The van der Waals surface area contributed by atoms with Gasteiger partial charge in [-0.25, -0.2) is 0 Å². The van der Waals surface area contributed by atoms with Crippen LogP contribution in [0.15, 0.2) is 224 Å². The highest BCUT2D eigenvalue weighted by Crippen LogP contribution is 2.40. The molecule has 0 aliphatic carbocycles. The molecular formula is C54H37N. The van der Waals surface area contributed by atoms with Crippen LogP contribution >= 0.6 is 0 Å². The van der Waals surface area contributed by atoms with Crippen LogP contribution in [-0.4, -0.2) is 0 Å². The monoisotopic (exact) mass is 707 g/mol.